The van der Waals surface area contributed by atoms with Gasteiger partial charge in [0, 0.05) is 12.0 Å². The summed E-state index contributed by atoms with van der Waals surface area (Å²) in [4.78, 5) is 24.4. The molecule has 1 fully saturated rings. The highest BCUT2D eigenvalue weighted by atomic mass is 16.5. The van der Waals surface area contributed by atoms with Gasteiger partial charge in [-0.25, -0.2) is 0 Å². The molecule has 1 aliphatic carbocycles. The number of para-hydroxylation sites is 1. The summed E-state index contributed by atoms with van der Waals surface area (Å²) in [6, 6.07) is 5.39. The molecule has 0 bridgehead atoms. The minimum atomic E-state index is -1.37. The Balaban J connectivity index is 1.80. The lowest BCUT2D eigenvalue weighted by molar-refractivity contribution is -0.138. The summed E-state index contributed by atoms with van der Waals surface area (Å²) in [7, 11) is 0. The maximum absolute atomic E-state index is 12.5. The highest BCUT2D eigenvalue weighted by Gasteiger charge is 2.41. The van der Waals surface area contributed by atoms with Crippen molar-refractivity contribution in [1.82, 2.24) is 5.32 Å². The van der Waals surface area contributed by atoms with E-state index in [-0.39, 0.29) is 0 Å². The molecule has 1 unspecified atom stereocenters. The van der Waals surface area contributed by atoms with Crippen molar-refractivity contribution < 1.29 is 19.4 Å². The van der Waals surface area contributed by atoms with Gasteiger partial charge in [-0.1, -0.05) is 37.5 Å². The lowest BCUT2D eigenvalue weighted by Gasteiger charge is -2.35. The van der Waals surface area contributed by atoms with Crippen LogP contribution in [0.3, 0.4) is 0 Å². The molecule has 2 aliphatic rings. The van der Waals surface area contributed by atoms with Crippen molar-refractivity contribution in [3.8, 4) is 5.75 Å². The highest BCUT2D eigenvalue weighted by molar-refractivity contribution is 5.92. The van der Waals surface area contributed by atoms with E-state index in [2.05, 4.69) is 5.32 Å². The number of carbonyl (C=O) groups excluding carboxylic acids is 2. The highest BCUT2D eigenvalue weighted by Crippen LogP contribution is 2.34. The quantitative estimate of drug-likeness (QED) is 0.769. The second kappa shape index (κ2) is 6.20. The van der Waals surface area contributed by atoms with Crippen molar-refractivity contribution in [3.05, 3.63) is 29.3 Å². The van der Waals surface area contributed by atoms with Gasteiger partial charge in [-0.15, -0.1) is 0 Å². The van der Waals surface area contributed by atoms with Crippen LogP contribution in [-0.4, -0.2) is 29.1 Å². The summed E-state index contributed by atoms with van der Waals surface area (Å²) in [6.07, 6.45) is 3.12. The molecule has 1 aromatic carbocycles. The number of amides is 2. The third-order valence-corrected chi connectivity index (χ3v) is 4.83. The molecule has 4 N–H and O–H groups in total. The van der Waals surface area contributed by atoms with Gasteiger partial charge >= 0.3 is 0 Å². The molecule has 1 heterocycles. The lowest BCUT2D eigenvalue weighted by Crippen LogP contribution is -2.59. The third-order valence-electron chi connectivity index (χ3n) is 4.83. The minimum absolute atomic E-state index is 0.438. The first-order chi connectivity index (χ1) is 11.0. The number of nitrogens with one attached hydrogen (secondary N) is 1. The van der Waals surface area contributed by atoms with Crippen molar-refractivity contribution in [3.63, 3.8) is 0 Å². The number of aliphatic hydroxyl groups excluding tert-OH is 1. The minimum Gasteiger partial charge on any atom is -0.493 e. The van der Waals surface area contributed by atoms with E-state index >= 15 is 0 Å². The van der Waals surface area contributed by atoms with Crippen molar-refractivity contribution >= 4 is 11.8 Å². The fourth-order valence-electron chi connectivity index (χ4n) is 3.49. The number of hydrogen-bond donors (Lipinski definition) is 3. The SMILES string of the molecule is NC(=O)C1(NC(=O)C(O)c2cccc3c2OCC3)CCCCC1. The van der Waals surface area contributed by atoms with Crippen LogP contribution in [0.2, 0.25) is 0 Å². The maximum atomic E-state index is 12.5. The second-order valence-electron chi connectivity index (χ2n) is 6.33. The van der Waals surface area contributed by atoms with Crippen LogP contribution in [0, 0.1) is 0 Å². The Labute approximate surface area is 135 Å². The summed E-state index contributed by atoms with van der Waals surface area (Å²) in [5.74, 6) is -0.561. The van der Waals surface area contributed by atoms with E-state index in [1.54, 1.807) is 12.1 Å². The van der Waals surface area contributed by atoms with Crippen molar-refractivity contribution in [1.29, 1.82) is 0 Å². The zero-order chi connectivity index (χ0) is 16.4. The molecule has 0 spiro atoms. The van der Waals surface area contributed by atoms with E-state index in [1.165, 1.54) is 0 Å². The molecule has 0 radical (unpaired) electrons. The van der Waals surface area contributed by atoms with Gasteiger partial charge in [-0.3, -0.25) is 9.59 Å². The van der Waals surface area contributed by atoms with E-state index in [1.807, 2.05) is 6.07 Å². The molecule has 1 atom stereocenters. The van der Waals surface area contributed by atoms with E-state index < -0.39 is 23.5 Å². The van der Waals surface area contributed by atoms with E-state index in [4.69, 9.17) is 10.5 Å². The molecular weight excluding hydrogens is 296 g/mol. The molecule has 0 saturated heterocycles. The summed E-state index contributed by atoms with van der Waals surface area (Å²) in [5, 5.41) is 13.1. The van der Waals surface area contributed by atoms with Gasteiger partial charge < -0.3 is 20.9 Å². The number of nitrogens with two attached hydrogens (primary N) is 1. The first-order valence-electron chi connectivity index (χ1n) is 8.08. The van der Waals surface area contributed by atoms with Crippen LogP contribution in [-0.2, 0) is 16.0 Å². The van der Waals surface area contributed by atoms with Gasteiger partial charge in [0.15, 0.2) is 6.10 Å². The average Bonchev–Trinajstić information content (AvgIpc) is 3.03. The molecule has 23 heavy (non-hydrogen) atoms. The zero-order valence-corrected chi connectivity index (χ0v) is 13.0. The lowest BCUT2D eigenvalue weighted by atomic mass is 9.80. The van der Waals surface area contributed by atoms with Crippen LogP contribution in [0.25, 0.3) is 0 Å². The Morgan fingerprint density at radius 3 is 2.70 bits per heavy atom. The van der Waals surface area contributed by atoms with Gasteiger partial charge in [0.2, 0.25) is 5.91 Å². The predicted octanol–water partition coefficient (Wildman–Crippen LogP) is 0.959. The molecular formula is C17H22N2O4. The monoisotopic (exact) mass is 318 g/mol. The molecule has 0 aromatic heterocycles. The molecule has 1 aliphatic heterocycles. The maximum Gasteiger partial charge on any atom is 0.254 e. The Kier molecular flexibility index (Phi) is 4.26. The first kappa shape index (κ1) is 15.8. The van der Waals surface area contributed by atoms with Gasteiger partial charge in [0.25, 0.3) is 5.91 Å². The second-order valence-corrected chi connectivity index (χ2v) is 6.33. The molecule has 1 aromatic rings. The number of rotatable bonds is 4. The summed E-state index contributed by atoms with van der Waals surface area (Å²) >= 11 is 0. The number of aliphatic hydroxyl groups is 1. The predicted molar refractivity (Wildman–Crippen MR) is 83.8 cm³/mol. The van der Waals surface area contributed by atoms with E-state index in [0.717, 1.165) is 31.2 Å². The van der Waals surface area contributed by atoms with Crippen molar-refractivity contribution in [2.24, 2.45) is 5.73 Å². The van der Waals surface area contributed by atoms with Gasteiger partial charge in [-0.2, -0.15) is 0 Å². The zero-order valence-electron chi connectivity index (χ0n) is 13.0. The topological polar surface area (TPSA) is 102 Å². The van der Waals surface area contributed by atoms with Crippen molar-refractivity contribution in [2.75, 3.05) is 6.61 Å². The van der Waals surface area contributed by atoms with Crippen LogP contribution in [0.4, 0.5) is 0 Å². The Hall–Kier alpha value is -2.08. The van der Waals surface area contributed by atoms with E-state index in [9.17, 15) is 14.7 Å². The van der Waals surface area contributed by atoms with Crippen LogP contribution in [0.1, 0.15) is 49.3 Å². The van der Waals surface area contributed by atoms with Gasteiger partial charge in [0.05, 0.1) is 6.61 Å². The van der Waals surface area contributed by atoms with Gasteiger partial charge in [0.1, 0.15) is 11.3 Å². The van der Waals surface area contributed by atoms with Crippen LogP contribution >= 0.6 is 0 Å². The van der Waals surface area contributed by atoms with Crippen LogP contribution in [0.5, 0.6) is 5.75 Å². The normalized spacial score (nSPS) is 20.2. The summed E-state index contributed by atoms with van der Waals surface area (Å²) < 4.78 is 5.53. The number of hydrogen-bond acceptors (Lipinski definition) is 4. The Morgan fingerprint density at radius 2 is 2.00 bits per heavy atom. The van der Waals surface area contributed by atoms with Crippen LogP contribution in [0.15, 0.2) is 18.2 Å². The third kappa shape index (κ3) is 2.91. The standard InChI is InChI=1S/C17H22N2O4/c18-16(22)17(8-2-1-3-9-17)19-15(21)13(20)12-6-4-5-11-7-10-23-14(11)12/h4-6,13,20H,1-3,7-10H2,(H2,18,22)(H,19,21). The average molecular weight is 318 g/mol. The molecule has 1 saturated carbocycles. The molecule has 6 nitrogen and oxygen atoms in total. The molecule has 6 heteroatoms. The van der Waals surface area contributed by atoms with E-state index in [0.29, 0.717) is 30.8 Å². The number of fused-ring (bicyclic) bond motifs is 1. The number of primary amides is 1. The number of ether oxygens (including phenoxy) is 1. The molecule has 2 amide bonds. The number of carbonyl (C=O) groups is 2. The summed E-state index contributed by atoms with van der Waals surface area (Å²) in [6.45, 7) is 0.548. The molecule has 124 valence electrons. The number of benzene rings is 1. The van der Waals surface area contributed by atoms with Crippen molar-refractivity contribution in [2.45, 2.75) is 50.2 Å². The smallest absolute Gasteiger partial charge is 0.254 e. The molecule has 3 rings (SSSR count). The summed E-state index contributed by atoms with van der Waals surface area (Å²) in [5.41, 5.74) is 5.89. The van der Waals surface area contributed by atoms with Gasteiger partial charge in [-0.05, 0) is 18.4 Å². The Morgan fingerprint density at radius 1 is 1.26 bits per heavy atom. The van der Waals surface area contributed by atoms with Crippen LogP contribution < -0.4 is 15.8 Å². The largest absolute Gasteiger partial charge is 0.493 e. The first-order valence-corrected chi connectivity index (χ1v) is 8.08. The Bertz CT molecular complexity index is 623. The fraction of sp³-hybridized carbons (Fsp3) is 0.529. The fourth-order valence-corrected chi connectivity index (χ4v) is 3.49.